The van der Waals surface area contributed by atoms with Crippen LogP contribution in [0.4, 0.5) is 0 Å². The molecule has 2 unspecified atom stereocenters. The van der Waals surface area contributed by atoms with Crippen molar-refractivity contribution in [3.8, 4) is 0 Å². The second kappa shape index (κ2) is 55.9. The van der Waals surface area contributed by atoms with E-state index in [4.69, 9.17) is 37.0 Å². The van der Waals surface area contributed by atoms with Crippen molar-refractivity contribution in [1.29, 1.82) is 0 Å². The third-order valence-corrected chi connectivity index (χ3v) is 16.2. The Kier molecular flexibility index (Phi) is 54.6. The van der Waals surface area contributed by atoms with Gasteiger partial charge in [0.1, 0.15) is 19.3 Å². The van der Waals surface area contributed by atoms with E-state index in [9.17, 15) is 43.2 Å². The van der Waals surface area contributed by atoms with E-state index in [0.29, 0.717) is 25.7 Å². The second-order valence-corrected chi connectivity index (χ2v) is 25.8. The lowest BCUT2D eigenvalue weighted by molar-refractivity contribution is -0.161. The van der Waals surface area contributed by atoms with E-state index in [0.717, 1.165) is 115 Å². The Bertz CT molecular complexity index is 1580. The fourth-order valence-corrected chi connectivity index (χ4v) is 10.8. The zero-order valence-electron chi connectivity index (χ0n) is 51.9. The van der Waals surface area contributed by atoms with Gasteiger partial charge in [0.15, 0.2) is 12.2 Å². The highest BCUT2D eigenvalue weighted by Crippen LogP contribution is 2.45. The summed E-state index contributed by atoms with van der Waals surface area (Å²) in [6.07, 6.45) is 39.1. The molecule has 0 aromatic carbocycles. The number of unbranched alkanes of at least 4 members (excludes halogenated alkanes) is 34. The first-order valence-corrected chi connectivity index (χ1v) is 35.6. The lowest BCUT2D eigenvalue weighted by atomic mass is 10.0. The molecule has 3 N–H and O–H groups in total. The molecule has 0 spiro atoms. The van der Waals surface area contributed by atoms with Crippen molar-refractivity contribution in [1.82, 2.24) is 0 Å². The highest BCUT2D eigenvalue weighted by Gasteiger charge is 2.30. The average Bonchev–Trinajstić information content (AvgIpc) is 3.43. The van der Waals surface area contributed by atoms with Crippen LogP contribution in [0, 0.1) is 5.92 Å². The fourth-order valence-electron chi connectivity index (χ4n) is 9.23. The summed E-state index contributed by atoms with van der Waals surface area (Å²) in [6, 6.07) is 0. The number of hydrogen-bond donors (Lipinski definition) is 3. The van der Waals surface area contributed by atoms with Crippen LogP contribution in [0.5, 0.6) is 0 Å². The maximum atomic E-state index is 12.9. The molecule has 19 heteroatoms. The van der Waals surface area contributed by atoms with Crippen LogP contribution < -0.4 is 0 Å². The van der Waals surface area contributed by atoms with Gasteiger partial charge in [-0.1, -0.05) is 259 Å². The third kappa shape index (κ3) is 56.9. The van der Waals surface area contributed by atoms with Crippen molar-refractivity contribution in [2.75, 3.05) is 39.6 Å². The SMILES string of the molecule is CCCCCCCCCCCCC(=O)OC[C@H](COP(=O)(O)OC[C@@H](O)COP(=O)(O)OC[C@@H](COC(=O)CCCCCCCCC)OC(=O)CCCCCCCCCC)OC(=O)CCCCCCCCCCCCCCCC(C)C. The quantitative estimate of drug-likeness (QED) is 0.0222. The predicted molar refractivity (Wildman–Crippen MR) is 322 cm³/mol. The first kappa shape index (κ1) is 79.1. The van der Waals surface area contributed by atoms with Crippen LogP contribution in [-0.4, -0.2) is 96.7 Å². The van der Waals surface area contributed by atoms with Crippen LogP contribution in [0.3, 0.4) is 0 Å². The van der Waals surface area contributed by atoms with Gasteiger partial charge in [-0.25, -0.2) is 9.13 Å². The molecule has 0 amide bonds. The number of phosphoric ester groups is 2. The first-order valence-electron chi connectivity index (χ1n) is 32.6. The minimum absolute atomic E-state index is 0.105. The van der Waals surface area contributed by atoms with Crippen LogP contribution >= 0.6 is 15.6 Å². The molecule has 0 fully saturated rings. The van der Waals surface area contributed by atoms with Crippen LogP contribution in [0.15, 0.2) is 0 Å². The van der Waals surface area contributed by atoms with Crippen LogP contribution in [0.25, 0.3) is 0 Å². The van der Waals surface area contributed by atoms with Crippen molar-refractivity contribution in [3.63, 3.8) is 0 Å². The van der Waals surface area contributed by atoms with Crippen LogP contribution in [0.1, 0.15) is 311 Å². The molecule has 0 heterocycles. The number of esters is 4. The normalized spacial score (nSPS) is 14.3. The van der Waals surface area contributed by atoms with E-state index >= 15 is 0 Å². The molecular weight excluding hydrogens is 1080 g/mol. The summed E-state index contributed by atoms with van der Waals surface area (Å²) in [7, 11) is -9.87. The second-order valence-electron chi connectivity index (χ2n) is 22.9. The van der Waals surface area contributed by atoms with E-state index in [1.54, 1.807) is 0 Å². The van der Waals surface area contributed by atoms with E-state index in [2.05, 4.69) is 34.6 Å². The molecule has 81 heavy (non-hydrogen) atoms. The summed E-state index contributed by atoms with van der Waals surface area (Å²) in [6.45, 7) is 7.12. The summed E-state index contributed by atoms with van der Waals surface area (Å²) in [5, 5.41) is 10.5. The Morgan fingerprint density at radius 2 is 0.568 bits per heavy atom. The standard InChI is InChI=1S/C62H120O17P2/c1-6-9-12-15-18-20-27-32-36-41-46-60(65)73-52-58(79-62(67)48-43-38-33-28-25-23-21-22-24-26-30-34-39-44-55(4)5)54-77-81(70,71)75-50-56(63)49-74-80(68,69)76-53-57(51-72-59(64)45-40-35-29-17-14-11-8-3)78-61(66)47-42-37-31-19-16-13-10-7-2/h55-58,63H,6-54H2,1-5H3,(H,68,69)(H,70,71)/t56-,57+,58+/m0/s1. The molecule has 0 saturated carbocycles. The molecule has 480 valence electrons. The van der Waals surface area contributed by atoms with Gasteiger partial charge in [-0.05, 0) is 31.6 Å². The Hall–Kier alpha value is -1.94. The average molecular weight is 1200 g/mol. The third-order valence-electron chi connectivity index (χ3n) is 14.3. The number of carbonyl (C=O) groups excluding carboxylic acids is 4. The smallest absolute Gasteiger partial charge is 0.462 e. The minimum atomic E-state index is -4.94. The number of aliphatic hydroxyl groups is 1. The minimum Gasteiger partial charge on any atom is -0.462 e. The summed E-state index contributed by atoms with van der Waals surface area (Å²) >= 11 is 0. The molecule has 0 aliphatic heterocycles. The zero-order valence-corrected chi connectivity index (χ0v) is 53.7. The molecule has 0 radical (unpaired) electrons. The Morgan fingerprint density at radius 3 is 0.840 bits per heavy atom. The number of rotatable bonds is 62. The van der Waals surface area contributed by atoms with Gasteiger partial charge in [0.05, 0.1) is 26.4 Å². The van der Waals surface area contributed by atoms with E-state index in [1.807, 2.05) is 0 Å². The van der Waals surface area contributed by atoms with Gasteiger partial charge in [-0.15, -0.1) is 0 Å². The number of aliphatic hydroxyl groups excluding tert-OH is 1. The Balaban J connectivity index is 5.17. The van der Waals surface area contributed by atoms with Crippen molar-refractivity contribution < 1.29 is 80.2 Å². The molecule has 0 saturated heterocycles. The van der Waals surface area contributed by atoms with Gasteiger partial charge in [0, 0.05) is 25.7 Å². The number of phosphoric acid groups is 2. The van der Waals surface area contributed by atoms with Crippen molar-refractivity contribution in [3.05, 3.63) is 0 Å². The van der Waals surface area contributed by atoms with Gasteiger partial charge in [-0.2, -0.15) is 0 Å². The van der Waals surface area contributed by atoms with Gasteiger partial charge in [0.2, 0.25) is 0 Å². The van der Waals surface area contributed by atoms with Gasteiger partial charge < -0.3 is 33.8 Å². The summed E-state index contributed by atoms with van der Waals surface area (Å²) < 4.78 is 67.7. The van der Waals surface area contributed by atoms with E-state index in [1.165, 1.54) is 116 Å². The first-order chi connectivity index (χ1) is 39.0. The molecule has 0 bridgehead atoms. The van der Waals surface area contributed by atoms with Crippen LogP contribution in [-0.2, 0) is 65.4 Å². The highest BCUT2D eigenvalue weighted by molar-refractivity contribution is 7.47. The maximum absolute atomic E-state index is 12.9. The molecular formula is C62H120O17P2. The summed E-state index contributed by atoms with van der Waals surface area (Å²) in [5.74, 6) is -1.36. The number of carbonyl (C=O) groups is 4. The van der Waals surface area contributed by atoms with Gasteiger partial charge in [-0.3, -0.25) is 37.3 Å². The van der Waals surface area contributed by atoms with Gasteiger partial charge in [0.25, 0.3) is 0 Å². The van der Waals surface area contributed by atoms with E-state index < -0.39 is 97.5 Å². The van der Waals surface area contributed by atoms with Crippen molar-refractivity contribution in [2.45, 2.75) is 329 Å². The monoisotopic (exact) mass is 1200 g/mol. The van der Waals surface area contributed by atoms with Crippen molar-refractivity contribution in [2.24, 2.45) is 5.92 Å². The molecule has 0 aliphatic rings. The predicted octanol–water partition coefficient (Wildman–Crippen LogP) is 17.0. The molecule has 0 aromatic rings. The summed E-state index contributed by atoms with van der Waals surface area (Å²) in [4.78, 5) is 71.9. The van der Waals surface area contributed by atoms with Crippen LogP contribution in [0.2, 0.25) is 0 Å². The van der Waals surface area contributed by atoms with E-state index in [-0.39, 0.29) is 25.7 Å². The largest absolute Gasteiger partial charge is 0.472 e. The fraction of sp³-hybridized carbons (Fsp3) is 0.935. The molecule has 0 rings (SSSR count). The lowest BCUT2D eigenvalue weighted by Crippen LogP contribution is -2.30. The number of hydrogen-bond acceptors (Lipinski definition) is 15. The Labute approximate surface area is 492 Å². The molecule has 0 aliphatic carbocycles. The van der Waals surface area contributed by atoms with Gasteiger partial charge >= 0.3 is 39.5 Å². The topological polar surface area (TPSA) is 237 Å². The molecule has 17 nitrogen and oxygen atoms in total. The molecule has 0 aromatic heterocycles. The molecule has 5 atom stereocenters. The van der Waals surface area contributed by atoms with Crippen molar-refractivity contribution >= 4 is 39.5 Å². The number of ether oxygens (including phenoxy) is 4. The lowest BCUT2D eigenvalue weighted by Gasteiger charge is -2.21. The Morgan fingerprint density at radius 1 is 0.333 bits per heavy atom. The highest BCUT2D eigenvalue weighted by atomic mass is 31.2. The summed E-state index contributed by atoms with van der Waals surface area (Å²) in [5.41, 5.74) is 0. The maximum Gasteiger partial charge on any atom is 0.472 e. The zero-order chi connectivity index (χ0) is 59.9.